The van der Waals surface area contributed by atoms with Gasteiger partial charge >= 0.3 is 6.03 Å². The third-order valence-electron chi connectivity index (χ3n) is 4.69. The van der Waals surface area contributed by atoms with Crippen molar-refractivity contribution in [3.8, 4) is 0 Å². The highest BCUT2D eigenvalue weighted by molar-refractivity contribution is 6.30. The Balaban J connectivity index is 1.64. The lowest BCUT2D eigenvalue weighted by Crippen LogP contribution is -2.58. The van der Waals surface area contributed by atoms with Crippen LogP contribution in [0.4, 0.5) is 4.79 Å². The fourth-order valence-electron chi connectivity index (χ4n) is 3.34. The first-order valence-electron chi connectivity index (χ1n) is 8.16. The van der Waals surface area contributed by atoms with E-state index in [1.165, 1.54) is 12.8 Å². The number of carbonyl (C=O) groups is 1. The molecule has 5 nitrogen and oxygen atoms in total. The molecule has 23 heavy (non-hydrogen) atoms. The third kappa shape index (κ3) is 4.16. The summed E-state index contributed by atoms with van der Waals surface area (Å²) >= 11 is 6.10. The summed E-state index contributed by atoms with van der Waals surface area (Å²) in [4.78, 5) is 12.2. The van der Waals surface area contributed by atoms with Crippen molar-refractivity contribution in [1.29, 1.82) is 0 Å². The third-order valence-corrected chi connectivity index (χ3v) is 4.92. The van der Waals surface area contributed by atoms with E-state index in [1.54, 1.807) is 0 Å². The number of aliphatic hydroxyl groups is 1. The molecular weight excluding hydrogens is 316 g/mol. The van der Waals surface area contributed by atoms with Gasteiger partial charge in [0.05, 0.1) is 25.8 Å². The lowest BCUT2D eigenvalue weighted by Gasteiger charge is -2.36. The minimum atomic E-state index is -0.920. The van der Waals surface area contributed by atoms with Gasteiger partial charge in [-0.15, -0.1) is 0 Å². The first kappa shape index (κ1) is 16.6. The van der Waals surface area contributed by atoms with Crippen molar-refractivity contribution in [2.75, 3.05) is 19.8 Å². The van der Waals surface area contributed by atoms with E-state index in [-0.39, 0.29) is 31.8 Å². The summed E-state index contributed by atoms with van der Waals surface area (Å²) in [5, 5.41) is 16.5. The Kier molecular flexibility index (Phi) is 5.09. The van der Waals surface area contributed by atoms with Crippen LogP contribution in [0.2, 0.25) is 5.02 Å². The van der Waals surface area contributed by atoms with Gasteiger partial charge in [0.25, 0.3) is 0 Å². The highest BCUT2D eigenvalue weighted by Crippen LogP contribution is 2.36. The van der Waals surface area contributed by atoms with E-state index in [4.69, 9.17) is 16.3 Å². The van der Waals surface area contributed by atoms with E-state index in [9.17, 15) is 9.90 Å². The minimum absolute atomic E-state index is 0.0523. The van der Waals surface area contributed by atoms with E-state index in [2.05, 4.69) is 10.6 Å². The highest BCUT2D eigenvalue weighted by atomic mass is 35.5. The average molecular weight is 339 g/mol. The molecule has 2 aliphatic rings. The average Bonchev–Trinajstić information content (AvgIpc) is 3.02. The van der Waals surface area contributed by atoms with Gasteiger partial charge in [-0.25, -0.2) is 4.79 Å². The molecule has 0 aromatic heterocycles. The van der Waals surface area contributed by atoms with Crippen molar-refractivity contribution in [2.45, 2.75) is 37.3 Å². The first-order valence-corrected chi connectivity index (χ1v) is 8.53. The summed E-state index contributed by atoms with van der Waals surface area (Å²) in [6.07, 6.45) is 4.61. The van der Waals surface area contributed by atoms with Crippen LogP contribution in [0.5, 0.6) is 0 Å². The number of ether oxygens (including phenoxy) is 1. The molecule has 1 saturated carbocycles. The maximum Gasteiger partial charge on any atom is 0.315 e. The molecule has 6 heteroatoms. The number of benzene rings is 1. The number of amides is 2. The lowest BCUT2D eigenvalue weighted by atomic mass is 9.92. The zero-order valence-electron chi connectivity index (χ0n) is 13.1. The summed E-state index contributed by atoms with van der Waals surface area (Å²) in [7, 11) is 0. The van der Waals surface area contributed by atoms with Gasteiger partial charge in [-0.05, 0) is 36.5 Å². The van der Waals surface area contributed by atoms with Crippen molar-refractivity contribution in [1.82, 2.24) is 10.6 Å². The molecule has 3 rings (SSSR count). The molecule has 126 valence electrons. The summed E-state index contributed by atoms with van der Waals surface area (Å²) in [5.74, 6) is 0.425. The Morgan fingerprint density at radius 3 is 2.74 bits per heavy atom. The van der Waals surface area contributed by atoms with Gasteiger partial charge < -0.3 is 20.5 Å². The first-order chi connectivity index (χ1) is 11.1. The number of nitrogens with one attached hydrogen (secondary N) is 2. The topological polar surface area (TPSA) is 70.6 Å². The second-order valence-corrected chi connectivity index (χ2v) is 7.06. The second kappa shape index (κ2) is 7.07. The van der Waals surface area contributed by atoms with Crippen LogP contribution in [0.25, 0.3) is 0 Å². The zero-order chi connectivity index (χ0) is 16.3. The smallest absolute Gasteiger partial charge is 0.315 e. The minimum Gasteiger partial charge on any atom is -0.383 e. The molecule has 1 aliphatic carbocycles. The zero-order valence-corrected chi connectivity index (χ0v) is 13.8. The molecule has 0 unspecified atom stereocenters. The fourth-order valence-corrected chi connectivity index (χ4v) is 3.54. The van der Waals surface area contributed by atoms with Crippen LogP contribution >= 0.6 is 11.6 Å². The van der Waals surface area contributed by atoms with Crippen LogP contribution in [-0.2, 0) is 4.74 Å². The number of urea groups is 1. The molecule has 1 saturated heterocycles. The Morgan fingerprint density at radius 1 is 1.39 bits per heavy atom. The molecular formula is C17H23ClN2O3. The Labute approximate surface area is 141 Å². The van der Waals surface area contributed by atoms with Crippen molar-refractivity contribution in [2.24, 2.45) is 5.92 Å². The molecule has 1 aliphatic heterocycles. The normalized spacial score (nSPS) is 21.5. The van der Waals surface area contributed by atoms with E-state index in [1.807, 2.05) is 24.3 Å². The SMILES string of the molecule is O=C(NCC1(O)COC1)N[C@H](c1cccc(Cl)c1)C1CCCC1. The standard InChI is InChI=1S/C17H23ClN2O3/c18-14-7-3-6-13(8-14)15(12-4-1-2-5-12)20-16(21)19-9-17(22)10-23-11-17/h3,6-8,12,15,22H,1-2,4-5,9-11H2,(H2,19,20,21)/t15-/m0/s1. The van der Waals surface area contributed by atoms with Crippen molar-refractivity contribution >= 4 is 17.6 Å². The van der Waals surface area contributed by atoms with Crippen LogP contribution in [0.1, 0.15) is 37.3 Å². The molecule has 2 fully saturated rings. The molecule has 1 aromatic carbocycles. The van der Waals surface area contributed by atoms with Gasteiger partial charge in [0.15, 0.2) is 0 Å². The lowest BCUT2D eigenvalue weighted by molar-refractivity contribution is -0.173. The van der Waals surface area contributed by atoms with Crippen LogP contribution in [0.3, 0.4) is 0 Å². The molecule has 0 bridgehead atoms. The number of rotatable bonds is 5. The Hall–Kier alpha value is -1.30. The van der Waals surface area contributed by atoms with Crippen LogP contribution < -0.4 is 10.6 Å². The summed E-state index contributed by atoms with van der Waals surface area (Å²) in [6, 6.07) is 7.35. The number of hydrogen-bond acceptors (Lipinski definition) is 3. The number of carbonyl (C=O) groups excluding carboxylic acids is 1. The second-order valence-electron chi connectivity index (χ2n) is 6.62. The number of halogens is 1. The van der Waals surface area contributed by atoms with Gasteiger partial charge in [0, 0.05) is 5.02 Å². The highest BCUT2D eigenvalue weighted by Gasteiger charge is 2.36. The van der Waals surface area contributed by atoms with Crippen LogP contribution in [0, 0.1) is 5.92 Å². The summed E-state index contributed by atoms with van der Waals surface area (Å²) in [5.41, 5.74) is 0.112. The van der Waals surface area contributed by atoms with Crippen LogP contribution in [-0.4, -0.2) is 36.5 Å². The predicted molar refractivity (Wildman–Crippen MR) is 88.5 cm³/mol. The van der Waals surface area contributed by atoms with Crippen molar-refractivity contribution in [3.63, 3.8) is 0 Å². The quantitative estimate of drug-likeness (QED) is 0.773. The van der Waals surface area contributed by atoms with Crippen molar-refractivity contribution < 1.29 is 14.6 Å². The van der Waals surface area contributed by atoms with Crippen molar-refractivity contribution in [3.05, 3.63) is 34.9 Å². The number of hydrogen-bond donors (Lipinski definition) is 3. The fraction of sp³-hybridized carbons (Fsp3) is 0.588. The van der Waals surface area contributed by atoms with Gasteiger partial charge in [0.2, 0.25) is 0 Å². The van der Waals surface area contributed by atoms with E-state index < -0.39 is 5.60 Å². The van der Waals surface area contributed by atoms with E-state index in [0.717, 1.165) is 18.4 Å². The molecule has 3 N–H and O–H groups in total. The molecule has 1 heterocycles. The largest absolute Gasteiger partial charge is 0.383 e. The predicted octanol–water partition coefficient (Wildman–Crippen LogP) is 2.63. The molecule has 1 atom stereocenters. The van der Waals surface area contributed by atoms with Crippen LogP contribution in [0.15, 0.2) is 24.3 Å². The molecule has 1 aromatic rings. The summed E-state index contributed by atoms with van der Waals surface area (Å²) in [6.45, 7) is 0.743. The van der Waals surface area contributed by atoms with Gasteiger partial charge in [-0.3, -0.25) is 0 Å². The van der Waals surface area contributed by atoms with Gasteiger partial charge in [-0.1, -0.05) is 36.6 Å². The van der Waals surface area contributed by atoms with Gasteiger partial charge in [-0.2, -0.15) is 0 Å². The summed E-state index contributed by atoms with van der Waals surface area (Å²) < 4.78 is 4.98. The Bertz CT molecular complexity index is 557. The molecule has 2 amide bonds. The van der Waals surface area contributed by atoms with E-state index in [0.29, 0.717) is 10.9 Å². The Morgan fingerprint density at radius 2 is 2.13 bits per heavy atom. The molecule has 0 spiro atoms. The monoisotopic (exact) mass is 338 g/mol. The maximum atomic E-state index is 12.2. The molecule has 0 radical (unpaired) electrons. The van der Waals surface area contributed by atoms with Gasteiger partial charge in [0.1, 0.15) is 5.60 Å². The van der Waals surface area contributed by atoms with E-state index >= 15 is 0 Å². The maximum absolute atomic E-state index is 12.2.